The largest absolute Gasteiger partial charge is 0.390 e. The fourth-order valence-electron chi connectivity index (χ4n) is 4.02. The number of thiophene rings is 1. The van der Waals surface area contributed by atoms with Crippen molar-refractivity contribution in [2.75, 3.05) is 0 Å². The van der Waals surface area contributed by atoms with Gasteiger partial charge in [0.2, 0.25) is 0 Å². The molecule has 1 aliphatic rings. The van der Waals surface area contributed by atoms with Crippen molar-refractivity contribution in [2.24, 2.45) is 4.99 Å². The lowest BCUT2D eigenvalue weighted by atomic mass is 9.95. The van der Waals surface area contributed by atoms with Crippen LogP contribution in [0.5, 0.6) is 0 Å². The molecule has 0 aliphatic carbocycles. The molecule has 0 bridgehead atoms. The van der Waals surface area contributed by atoms with Crippen LogP contribution in [-0.2, 0) is 0 Å². The third kappa shape index (κ3) is 3.63. The van der Waals surface area contributed by atoms with E-state index in [1.807, 2.05) is 20.8 Å². The van der Waals surface area contributed by atoms with Crippen molar-refractivity contribution in [1.29, 1.82) is 0 Å². The van der Waals surface area contributed by atoms with Crippen LogP contribution in [-0.4, -0.2) is 31.2 Å². The summed E-state index contributed by atoms with van der Waals surface area (Å²) in [4.78, 5) is 6.49. The second kappa shape index (κ2) is 7.43. The van der Waals surface area contributed by atoms with E-state index in [2.05, 4.69) is 66.7 Å². The quantitative estimate of drug-likeness (QED) is 0.610. The molecule has 5 nitrogen and oxygen atoms in total. The van der Waals surface area contributed by atoms with Gasteiger partial charge in [0.15, 0.2) is 5.82 Å². The molecule has 3 aromatic rings. The van der Waals surface area contributed by atoms with Gasteiger partial charge < -0.3 is 5.11 Å². The number of aryl methyl sites for hydroxylation is 2. The lowest BCUT2D eigenvalue weighted by Gasteiger charge is -2.22. The Morgan fingerprint density at radius 2 is 1.77 bits per heavy atom. The Kier molecular flexibility index (Phi) is 5.19. The van der Waals surface area contributed by atoms with Crippen molar-refractivity contribution in [3.05, 3.63) is 63.0 Å². The monoisotopic (exact) mass is 422 g/mol. The number of nitrogens with zero attached hydrogens (tertiary/aromatic N) is 4. The predicted molar refractivity (Wildman–Crippen MR) is 123 cm³/mol. The number of aliphatic hydroxyl groups is 1. The van der Waals surface area contributed by atoms with Crippen LogP contribution in [0.25, 0.3) is 5.00 Å². The molecule has 4 rings (SSSR count). The number of hydrogen-bond acceptors (Lipinski definition) is 5. The molecular weight excluding hydrogens is 392 g/mol. The summed E-state index contributed by atoms with van der Waals surface area (Å²) in [5.74, 6) is 2.13. The molecule has 1 atom stereocenters. The van der Waals surface area contributed by atoms with Gasteiger partial charge in [-0.3, -0.25) is 9.56 Å². The normalized spacial score (nSPS) is 16.3. The van der Waals surface area contributed by atoms with Crippen LogP contribution in [0.2, 0.25) is 0 Å². The molecule has 158 valence electrons. The van der Waals surface area contributed by atoms with Gasteiger partial charge in [0.05, 0.1) is 11.3 Å². The third-order valence-electron chi connectivity index (χ3n) is 5.78. The standard InChI is InChI=1S/C24H30N4OS/c1-13(2)17-8-10-18(11-9-17)21-20-14(3)15(4)30-23(20)28-16(5)26-27-22(28)19(25-21)12-24(6,7)29/h8-11,13,19,29H,12H2,1-7H3. The zero-order valence-corrected chi connectivity index (χ0v) is 19.6. The maximum Gasteiger partial charge on any atom is 0.163 e. The Hall–Kier alpha value is -2.31. The molecule has 1 unspecified atom stereocenters. The first-order valence-electron chi connectivity index (χ1n) is 10.5. The van der Waals surface area contributed by atoms with Gasteiger partial charge in [0, 0.05) is 22.4 Å². The van der Waals surface area contributed by atoms with Gasteiger partial charge in [-0.2, -0.15) is 0 Å². The van der Waals surface area contributed by atoms with Crippen LogP contribution in [0.4, 0.5) is 0 Å². The average Bonchev–Trinajstić information content (AvgIpc) is 3.13. The number of hydrogen-bond donors (Lipinski definition) is 1. The molecule has 2 aromatic heterocycles. The van der Waals surface area contributed by atoms with Crippen molar-refractivity contribution in [1.82, 2.24) is 14.8 Å². The number of aromatic nitrogens is 3. The van der Waals surface area contributed by atoms with E-state index >= 15 is 0 Å². The first-order chi connectivity index (χ1) is 14.1. The molecule has 6 heteroatoms. The molecule has 0 saturated carbocycles. The lowest BCUT2D eigenvalue weighted by Crippen LogP contribution is -2.23. The fourth-order valence-corrected chi connectivity index (χ4v) is 5.24. The van der Waals surface area contributed by atoms with Crippen LogP contribution in [0.15, 0.2) is 29.3 Å². The van der Waals surface area contributed by atoms with Crippen molar-refractivity contribution >= 4 is 17.0 Å². The highest BCUT2D eigenvalue weighted by Gasteiger charge is 2.33. The molecule has 0 saturated heterocycles. The molecule has 30 heavy (non-hydrogen) atoms. The molecule has 1 aliphatic heterocycles. The summed E-state index contributed by atoms with van der Waals surface area (Å²) in [5.41, 5.74) is 4.91. The minimum absolute atomic E-state index is 0.273. The molecular formula is C24H30N4OS. The first kappa shape index (κ1) is 20.9. The van der Waals surface area contributed by atoms with Crippen LogP contribution >= 0.6 is 11.3 Å². The highest BCUT2D eigenvalue weighted by Crippen LogP contribution is 2.40. The van der Waals surface area contributed by atoms with E-state index in [0.717, 1.165) is 33.5 Å². The lowest BCUT2D eigenvalue weighted by molar-refractivity contribution is 0.0628. The summed E-state index contributed by atoms with van der Waals surface area (Å²) in [7, 11) is 0. The second-order valence-electron chi connectivity index (χ2n) is 9.19. The number of fused-ring (bicyclic) bond motifs is 3. The predicted octanol–water partition coefficient (Wildman–Crippen LogP) is 5.43. The highest BCUT2D eigenvalue weighted by atomic mass is 32.1. The van der Waals surface area contributed by atoms with Crippen LogP contribution < -0.4 is 0 Å². The van der Waals surface area contributed by atoms with Crippen LogP contribution in [0.3, 0.4) is 0 Å². The maximum atomic E-state index is 10.6. The number of aliphatic imine (C=N–C) groups is 1. The summed E-state index contributed by atoms with van der Waals surface area (Å²) in [6.45, 7) is 14.4. The zero-order chi connectivity index (χ0) is 21.8. The Morgan fingerprint density at radius 1 is 1.10 bits per heavy atom. The molecule has 0 amide bonds. The molecule has 0 radical (unpaired) electrons. The SMILES string of the molecule is Cc1sc2c(c1C)C(c1ccc(C(C)C)cc1)=NC(CC(C)(C)O)c1nnc(C)n1-2. The smallest absolute Gasteiger partial charge is 0.163 e. The fraction of sp³-hybridized carbons (Fsp3) is 0.458. The third-order valence-corrected chi connectivity index (χ3v) is 6.98. The van der Waals surface area contributed by atoms with Crippen LogP contribution in [0, 0.1) is 20.8 Å². The Labute approximate surface area is 182 Å². The van der Waals surface area contributed by atoms with E-state index in [4.69, 9.17) is 4.99 Å². The minimum atomic E-state index is -0.867. The van der Waals surface area contributed by atoms with Gasteiger partial charge in [0.1, 0.15) is 16.9 Å². The molecule has 0 spiro atoms. The van der Waals surface area contributed by atoms with Gasteiger partial charge in [0.25, 0.3) is 0 Å². The van der Waals surface area contributed by atoms with Crippen molar-refractivity contribution in [3.63, 3.8) is 0 Å². The molecule has 1 aromatic carbocycles. The van der Waals surface area contributed by atoms with Gasteiger partial charge >= 0.3 is 0 Å². The summed E-state index contributed by atoms with van der Waals surface area (Å²) in [6, 6.07) is 8.45. The highest BCUT2D eigenvalue weighted by molar-refractivity contribution is 7.15. The summed E-state index contributed by atoms with van der Waals surface area (Å²) >= 11 is 1.76. The maximum absolute atomic E-state index is 10.6. The summed E-state index contributed by atoms with van der Waals surface area (Å²) in [6.07, 6.45) is 0.478. The van der Waals surface area contributed by atoms with E-state index in [9.17, 15) is 5.11 Å². The average molecular weight is 423 g/mol. The first-order valence-corrected chi connectivity index (χ1v) is 11.3. The van der Waals surface area contributed by atoms with E-state index < -0.39 is 5.60 Å². The van der Waals surface area contributed by atoms with Gasteiger partial charge in [-0.15, -0.1) is 21.5 Å². The second-order valence-corrected chi connectivity index (χ2v) is 10.4. The van der Waals surface area contributed by atoms with Gasteiger partial charge in [-0.1, -0.05) is 38.1 Å². The van der Waals surface area contributed by atoms with Gasteiger partial charge in [-0.25, -0.2) is 0 Å². The Morgan fingerprint density at radius 3 is 2.37 bits per heavy atom. The van der Waals surface area contributed by atoms with E-state index in [-0.39, 0.29) is 6.04 Å². The molecule has 1 N–H and O–H groups in total. The van der Waals surface area contributed by atoms with Crippen molar-refractivity contribution in [3.8, 4) is 5.00 Å². The van der Waals surface area contributed by atoms with E-state index in [0.29, 0.717) is 12.3 Å². The van der Waals surface area contributed by atoms with Gasteiger partial charge in [-0.05, 0) is 51.7 Å². The number of rotatable bonds is 4. The Balaban J connectivity index is 1.97. The van der Waals surface area contributed by atoms with Crippen molar-refractivity contribution < 1.29 is 5.11 Å². The van der Waals surface area contributed by atoms with E-state index in [1.54, 1.807) is 11.3 Å². The van der Waals surface area contributed by atoms with E-state index in [1.165, 1.54) is 16.0 Å². The topological polar surface area (TPSA) is 63.3 Å². The van der Waals surface area contributed by atoms with Crippen molar-refractivity contribution in [2.45, 2.75) is 72.4 Å². The molecule has 3 heterocycles. The number of benzene rings is 1. The summed E-state index contributed by atoms with van der Waals surface area (Å²) in [5, 5.41) is 20.6. The molecule has 0 fully saturated rings. The Bertz CT molecular complexity index is 1110. The minimum Gasteiger partial charge on any atom is -0.390 e. The van der Waals surface area contributed by atoms with Crippen LogP contribution in [0.1, 0.15) is 84.9 Å². The zero-order valence-electron chi connectivity index (χ0n) is 18.8. The summed E-state index contributed by atoms with van der Waals surface area (Å²) < 4.78 is 2.13.